The van der Waals surface area contributed by atoms with Gasteiger partial charge in [0, 0.05) is 39.4 Å². The summed E-state index contributed by atoms with van der Waals surface area (Å²) in [6, 6.07) is 6.29. The van der Waals surface area contributed by atoms with E-state index in [4.69, 9.17) is 0 Å². The van der Waals surface area contributed by atoms with E-state index >= 15 is 0 Å². The van der Waals surface area contributed by atoms with Gasteiger partial charge in [-0.2, -0.15) is 0 Å². The maximum Gasteiger partial charge on any atom is 0.307 e. The Bertz CT molecular complexity index is 864. The quantitative estimate of drug-likeness (QED) is 0.712. The van der Waals surface area contributed by atoms with Crippen molar-refractivity contribution >= 4 is 34.7 Å². The van der Waals surface area contributed by atoms with Crippen molar-refractivity contribution in [2.45, 2.75) is 76.0 Å². The molecule has 0 aliphatic heterocycles. The van der Waals surface area contributed by atoms with E-state index in [2.05, 4.69) is 17.4 Å². The Hall–Kier alpha value is -1.53. The summed E-state index contributed by atoms with van der Waals surface area (Å²) in [5.41, 5.74) is 2.90. The predicted molar refractivity (Wildman–Crippen MR) is 115 cm³/mol. The molecular weight excluding hydrogens is 376 g/mol. The molecule has 1 aliphatic rings. The number of hydrogen-bond acceptors (Lipinski definition) is 4. The first-order valence-electron chi connectivity index (χ1n) is 9.68. The number of thioether (sulfide) groups is 1. The molecule has 1 heterocycles. The minimum atomic E-state index is -0.0547. The van der Waals surface area contributed by atoms with Crippen molar-refractivity contribution in [2.24, 2.45) is 0 Å². The standard InChI is InChI=1S/C21H28N2O2S2/c1-14-13-18(27-17-7-5-4-6-8-17)9-10-19(14)22-20(24)11-12-23-15(2)16(3)26-21(23)25/h9-10,13,17H,4-8,11-12H2,1-3H3,(H,22,24). The summed E-state index contributed by atoms with van der Waals surface area (Å²) in [6.07, 6.45) is 6.98. The fraction of sp³-hybridized carbons (Fsp3) is 0.524. The lowest BCUT2D eigenvalue weighted by Gasteiger charge is -2.21. The van der Waals surface area contributed by atoms with Crippen molar-refractivity contribution in [3.63, 3.8) is 0 Å². The van der Waals surface area contributed by atoms with Crippen LogP contribution >= 0.6 is 23.1 Å². The van der Waals surface area contributed by atoms with Crippen LogP contribution in [0.25, 0.3) is 0 Å². The first kappa shape index (κ1) is 20.2. The molecular formula is C21H28N2O2S2. The van der Waals surface area contributed by atoms with Crippen LogP contribution in [0.3, 0.4) is 0 Å². The van der Waals surface area contributed by atoms with E-state index in [1.165, 1.54) is 48.3 Å². The zero-order chi connectivity index (χ0) is 19.4. The SMILES string of the molecule is Cc1cc(SC2CCCCC2)ccc1NC(=O)CCn1c(C)c(C)sc1=O. The minimum Gasteiger partial charge on any atom is -0.326 e. The summed E-state index contributed by atoms with van der Waals surface area (Å²) < 4.78 is 1.69. The van der Waals surface area contributed by atoms with Gasteiger partial charge in [-0.3, -0.25) is 9.59 Å². The first-order valence-corrected chi connectivity index (χ1v) is 11.4. The molecule has 2 aromatic rings. The zero-order valence-electron chi connectivity index (χ0n) is 16.3. The van der Waals surface area contributed by atoms with Crippen LogP contribution in [0.2, 0.25) is 0 Å². The Morgan fingerprint density at radius 1 is 1.22 bits per heavy atom. The molecule has 4 nitrogen and oxygen atoms in total. The number of nitrogens with one attached hydrogen (secondary N) is 1. The molecule has 27 heavy (non-hydrogen) atoms. The highest BCUT2D eigenvalue weighted by Gasteiger charge is 2.15. The fourth-order valence-electron chi connectivity index (χ4n) is 3.50. The Balaban J connectivity index is 1.56. The molecule has 0 unspecified atom stereocenters. The van der Waals surface area contributed by atoms with Crippen LogP contribution in [0.1, 0.15) is 54.7 Å². The highest BCUT2D eigenvalue weighted by Crippen LogP contribution is 2.34. The number of nitrogens with zero attached hydrogens (tertiary/aromatic N) is 1. The van der Waals surface area contributed by atoms with Crippen molar-refractivity contribution in [2.75, 3.05) is 5.32 Å². The molecule has 0 atom stereocenters. The van der Waals surface area contributed by atoms with Crippen molar-refractivity contribution in [1.82, 2.24) is 4.57 Å². The molecule has 1 fully saturated rings. The Morgan fingerprint density at radius 3 is 2.59 bits per heavy atom. The Morgan fingerprint density at radius 2 is 1.96 bits per heavy atom. The molecule has 0 saturated heterocycles. The normalized spacial score (nSPS) is 15.1. The van der Waals surface area contributed by atoms with E-state index < -0.39 is 0 Å². The van der Waals surface area contributed by atoms with Gasteiger partial charge in [-0.1, -0.05) is 30.6 Å². The number of anilines is 1. The molecule has 3 rings (SSSR count). The molecule has 1 saturated carbocycles. The first-order chi connectivity index (χ1) is 12.9. The van der Waals surface area contributed by atoms with Crippen LogP contribution in [0.4, 0.5) is 5.69 Å². The summed E-state index contributed by atoms with van der Waals surface area (Å²) >= 11 is 3.21. The summed E-state index contributed by atoms with van der Waals surface area (Å²) in [5, 5.41) is 3.73. The van der Waals surface area contributed by atoms with E-state index in [0.29, 0.717) is 13.0 Å². The fourth-order valence-corrected chi connectivity index (χ4v) is 5.70. The Kier molecular flexibility index (Phi) is 6.82. The second-order valence-corrected chi connectivity index (χ2v) is 9.85. The van der Waals surface area contributed by atoms with E-state index in [1.807, 2.05) is 38.6 Å². The molecule has 1 aromatic carbocycles. The second-order valence-electron chi connectivity index (χ2n) is 7.31. The van der Waals surface area contributed by atoms with Gasteiger partial charge < -0.3 is 9.88 Å². The van der Waals surface area contributed by atoms with Gasteiger partial charge in [-0.25, -0.2) is 0 Å². The highest BCUT2D eigenvalue weighted by molar-refractivity contribution is 8.00. The molecule has 6 heteroatoms. The third kappa shape index (κ3) is 5.26. The number of hydrogen-bond donors (Lipinski definition) is 1. The monoisotopic (exact) mass is 404 g/mol. The molecule has 146 valence electrons. The lowest BCUT2D eigenvalue weighted by atomic mass is 10.0. The van der Waals surface area contributed by atoms with Gasteiger partial charge in [0.15, 0.2) is 0 Å². The smallest absolute Gasteiger partial charge is 0.307 e. The van der Waals surface area contributed by atoms with Crippen LogP contribution in [0.5, 0.6) is 0 Å². The number of aromatic nitrogens is 1. The average Bonchev–Trinajstić information content (AvgIpc) is 2.88. The molecule has 1 amide bonds. The van der Waals surface area contributed by atoms with E-state index in [0.717, 1.165) is 27.1 Å². The van der Waals surface area contributed by atoms with Crippen molar-refractivity contribution in [3.05, 3.63) is 44.0 Å². The minimum absolute atomic E-state index is 0.0121. The number of aryl methyl sites for hydroxylation is 2. The summed E-state index contributed by atoms with van der Waals surface area (Å²) in [7, 11) is 0. The van der Waals surface area contributed by atoms with Crippen LogP contribution in [-0.2, 0) is 11.3 Å². The van der Waals surface area contributed by atoms with Crippen molar-refractivity contribution in [3.8, 4) is 0 Å². The van der Waals surface area contributed by atoms with Crippen LogP contribution < -0.4 is 10.2 Å². The number of amides is 1. The lowest BCUT2D eigenvalue weighted by Crippen LogP contribution is -2.20. The van der Waals surface area contributed by atoms with Crippen LogP contribution in [-0.4, -0.2) is 15.7 Å². The van der Waals surface area contributed by atoms with Gasteiger partial charge in [0.2, 0.25) is 5.91 Å². The molecule has 1 aromatic heterocycles. The number of benzene rings is 1. The molecule has 1 aliphatic carbocycles. The van der Waals surface area contributed by atoms with Gasteiger partial charge in [0.25, 0.3) is 0 Å². The summed E-state index contributed by atoms with van der Waals surface area (Å²) in [4.78, 5) is 26.6. The summed E-state index contributed by atoms with van der Waals surface area (Å²) in [5.74, 6) is -0.0547. The van der Waals surface area contributed by atoms with Crippen molar-refractivity contribution in [1.29, 1.82) is 0 Å². The lowest BCUT2D eigenvalue weighted by molar-refractivity contribution is -0.116. The van der Waals surface area contributed by atoms with Gasteiger partial charge in [-0.05, 0) is 57.4 Å². The maximum absolute atomic E-state index is 12.3. The van der Waals surface area contributed by atoms with Gasteiger partial charge in [-0.15, -0.1) is 11.8 Å². The van der Waals surface area contributed by atoms with Gasteiger partial charge >= 0.3 is 4.87 Å². The van der Waals surface area contributed by atoms with Gasteiger partial charge in [0.1, 0.15) is 0 Å². The molecule has 0 spiro atoms. The molecule has 1 N–H and O–H groups in total. The van der Waals surface area contributed by atoms with Crippen LogP contribution in [0, 0.1) is 20.8 Å². The number of carbonyl (C=O) groups is 1. The topological polar surface area (TPSA) is 51.1 Å². The second kappa shape index (κ2) is 9.11. The third-order valence-electron chi connectivity index (χ3n) is 5.26. The number of carbonyl (C=O) groups excluding carboxylic acids is 1. The third-order valence-corrected chi connectivity index (χ3v) is 7.59. The number of thiazole rings is 1. The van der Waals surface area contributed by atoms with E-state index in [1.54, 1.807) is 4.57 Å². The maximum atomic E-state index is 12.3. The van der Waals surface area contributed by atoms with Gasteiger partial charge in [0.05, 0.1) is 0 Å². The highest BCUT2D eigenvalue weighted by atomic mass is 32.2. The Labute approximate surface area is 169 Å². The van der Waals surface area contributed by atoms with E-state index in [9.17, 15) is 9.59 Å². The number of rotatable bonds is 6. The zero-order valence-corrected chi connectivity index (χ0v) is 18.0. The predicted octanol–water partition coefficient (Wildman–Crippen LogP) is 5.29. The van der Waals surface area contributed by atoms with Crippen LogP contribution in [0.15, 0.2) is 27.9 Å². The van der Waals surface area contributed by atoms with Crippen molar-refractivity contribution < 1.29 is 4.79 Å². The largest absolute Gasteiger partial charge is 0.326 e. The molecule has 0 radical (unpaired) electrons. The summed E-state index contributed by atoms with van der Waals surface area (Å²) in [6.45, 7) is 6.33. The molecule has 0 bridgehead atoms. The van der Waals surface area contributed by atoms with E-state index in [-0.39, 0.29) is 10.8 Å². The average molecular weight is 405 g/mol.